The molecule has 0 aliphatic heterocycles. The van der Waals surface area contributed by atoms with Crippen molar-refractivity contribution in [3.63, 3.8) is 0 Å². The zero-order valence-electron chi connectivity index (χ0n) is 6.60. The van der Waals surface area contributed by atoms with Crippen LogP contribution in [0, 0.1) is 5.92 Å². The van der Waals surface area contributed by atoms with Gasteiger partial charge in [0.1, 0.15) is 0 Å². The minimum Gasteiger partial charge on any atom is -0.392 e. The molecule has 0 radical (unpaired) electrons. The largest absolute Gasteiger partial charge is 0.392 e. The zero-order chi connectivity index (χ0) is 8.15. The lowest BCUT2D eigenvalue weighted by atomic mass is 9.98. The standard InChI is InChI=1S/C8H15ClO/c1-6(2)7(3)4-8(10)5-9/h7-8,10H,1,4-5H2,2-3H3. The third-order valence-corrected chi connectivity index (χ3v) is 2.00. The van der Waals surface area contributed by atoms with Gasteiger partial charge in [-0.05, 0) is 19.3 Å². The van der Waals surface area contributed by atoms with Crippen LogP contribution in [0.15, 0.2) is 12.2 Å². The van der Waals surface area contributed by atoms with E-state index in [1.165, 1.54) is 0 Å². The highest BCUT2D eigenvalue weighted by Crippen LogP contribution is 2.14. The summed E-state index contributed by atoms with van der Waals surface area (Å²) in [6.07, 6.45) is 0.340. The normalized spacial score (nSPS) is 16.4. The van der Waals surface area contributed by atoms with Gasteiger partial charge in [0.2, 0.25) is 0 Å². The smallest absolute Gasteiger partial charge is 0.0681 e. The number of hydrogen-bond acceptors (Lipinski definition) is 1. The topological polar surface area (TPSA) is 20.2 Å². The monoisotopic (exact) mass is 162 g/mol. The summed E-state index contributed by atoms with van der Waals surface area (Å²) in [6, 6.07) is 0. The Bertz CT molecular complexity index is 112. The Morgan fingerprint density at radius 1 is 1.70 bits per heavy atom. The van der Waals surface area contributed by atoms with Crippen LogP contribution in [0.25, 0.3) is 0 Å². The maximum absolute atomic E-state index is 9.10. The molecule has 10 heavy (non-hydrogen) atoms. The Hall–Kier alpha value is -0.0100. The van der Waals surface area contributed by atoms with Crippen molar-refractivity contribution in [1.29, 1.82) is 0 Å². The predicted molar refractivity (Wildman–Crippen MR) is 45.3 cm³/mol. The summed E-state index contributed by atoms with van der Waals surface area (Å²) in [7, 11) is 0. The van der Waals surface area contributed by atoms with E-state index in [0.717, 1.165) is 12.0 Å². The van der Waals surface area contributed by atoms with Crippen molar-refractivity contribution in [2.24, 2.45) is 5.92 Å². The van der Waals surface area contributed by atoms with Crippen molar-refractivity contribution < 1.29 is 5.11 Å². The van der Waals surface area contributed by atoms with Crippen molar-refractivity contribution >= 4 is 11.6 Å². The molecular weight excluding hydrogens is 148 g/mol. The molecule has 1 N–H and O–H groups in total. The zero-order valence-corrected chi connectivity index (χ0v) is 7.36. The molecule has 0 aromatic carbocycles. The van der Waals surface area contributed by atoms with Crippen LogP contribution in [0.3, 0.4) is 0 Å². The molecule has 0 aromatic rings. The number of aliphatic hydroxyl groups is 1. The molecule has 60 valence electrons. The first-order valence-corrected chi connectivity index (χ1v) is 4.00. The Labute approximate surface area is 67.7 Å². The van der Waals surface area contributed by atoms with E-state index in [-0.39, 0.29) is 6.10 Å². The van der Waals surface area contributed by atoms with E-state index in [9.17, 15) is 0 Å². The summed E-state index contributed by atoms with van der Waals surface area (Å²) in [6.45, 7) is 7.79. The van der Waals surface area contributed by atoms with Gasteiger partial charge in [-0.15, -0.1) is 11.6 Å². The van der Waals surface area contributed by atoms with Crippen LogP contribution in [0.1, 0.15) is 20.3 Å². The predicted octanol–water partition coefficient (Wildman–Crippen LogP) is 2.19. The van der Waals surface area contributed by atoms with Crippen molar-refractivity contribution in [2.75, 3.05) is 5.88 Å². The molecule has 2 atom stereocenters. The second-order valence-electron chi connectivity index (χ2n) is 2.79. The van der Waals surface area contributed by atoms with E-state index in [0.29, 0.717) is 11.8 Å². The van der Waals surface area contributed by atoms with Gasteiger partial charge in [-0.1, -0.05) is 19.1 Å². The molecule has 2 heteroatoms. The van der Waals surface area contributed by atoms with Gasteiger partial charge in [-0.2, -0.15) is 0 Å². The molecule has 0 aromatic heterocycles. The Kier molecular flexibility index (Phi) is 4.75. The summed E-state index contributed by atoms with van der Waals surface area (Å²) in [5, 5.41) is 9.10. The molecule has 0 aliphatic carbocycles. The van der Waals surface area contributed by atoms with Gasteiger partial charge in [-0.25, -0.2) is 0 Å². The van der Waals surface area contributed by atoms with Crippen molar-refractivity contribution in [3.8, 4) is 0 Å². The second-order valence-corrected chi connectivity index (χ2v) is 3.10. The molecule has 0 spiro atoms. The lowest BCUT2D eigenvalue weighted by molar-refractivity contribution is 0.174. The molecule has 0 amide bonds. The van der Waals surface area contributed by atoms with Gasteiger partial charge < -0.3 is 5.11 Å². The van der Waals surface area contributed by atoms with E-state index in [1.54, 1.807) is 0 Å². The van der Waals surface area contributed by atoms with E-state index in [1.807, 2.05) is 13.8 Å². The summed E-state index contributed by atoms with van der Waals surface area (Å²) >= 11 is 5.42. The first-order valence-electron chi connectivity index (χ1n) is 3.47. The lowest BCUT2D eigenvalue weighted by Gasteiger charge is -2.13. The van der Waals surface area contributed by atoms with E-state index >= 15 is 0 Å². The van der Waals surface area contributed by atoms with Gasteiger partial charge in [0.15, 0.2) is 0 Å². The quantitative estimate of drug-likeness (QED) is 0.497. The Morgan fingerprint density at radius 2 is 2.20 bits per heavy atom. The Balaban J connectivity index is 3.56. The number of allylic oxidation sites excluding steroid dienone is 1. The summed E-state index contributed by atoms with van der Waals surface area (Å²) in [5.41, 5.74) is 1.10. The lowest BCUT2D eigenvalue weighted by Crippen LogP contribution is -2.13. The van der Waals surface area contributed by atoms with Crippen LogP contribution in [-0.4, -0.2) is 17.1 Å². The highest BCUT2D eigenvalue weighted by Gasteiger charge is 2.08. The van der Waals surface area contributed by atoms with Gasteiger partial charge in [0.05, 0.1) is 6.10 Å². The fourth-order valence-corrected chi connectivity index (χ4v) is 0.798. The minimum atomic E-state index is -0.381. The average Bonchev–Trinajstić information content (AvgIpc) is 1.87. The molecule has 0 heterocycles. The number of hydrogen-bond donors (Lipinski definition) is 1. The van der Waals surface area contributed by atoms with Crippen LogP contribution >= 0.6 is 11.6 Å². The SMILES string of the molecule is C=C(C)C(C)CC(O)CCl. The first-order chi connectivity index (χ1) is 4.57. The number of rotatable bonds is 4. The molecule has 0 fully saturated rings. The minimum absolute atomic E-state index is 0.317. The number of aliphatic hydroxyl groups excluding tert-OH is 1. The van der Waals surface area contributed by atoms with E-state index in [2.05, 4.69) is 6.58 Å². The van der Waals surface area contributed by atoms with Crippen LogP contribution in [-0.2, 0) is 0 Å². The third kappa shape index (κ3) is 3.91. The Morgan fingerprint density at radius 3 is 2.50 bits per heavy atom. The third-order valence-electron chi connectivity index (χ3n) is 1.65. The highest BCUT2D eigenvalue weighted by atomic mass is 35.5. The summed E-state index contributed by atoms with van der Waals surface area (Å²) < 4.78 is 0. The van der Waals surface area contributed by atoms with Crippen molar-refractivity contribution in [3.05, 3.63) is 12.2 Å². The van der Waals surface area contributed by atoms with Crippen molar-refractivity contribution in [2.45, 2.75) is 26.4 Å². The van der Waals surface area contributed by atoms with Gasteiger partial charge in [0.25, 0.3) is 0 Å². The second kappa shape index (κ2) is 4.75. The average molecular weight is 163 g/mol. The summed E-state index contributed by atoms with van der Waals surface area (Å²) in [5.74, 6) is 0.686. The molecule has 0 rings (SSSR count). The molecule has 1 nitrogen and oxygen atoms in total. The fraction of sp³-hybridized carbons (Fsp3) is 0.750. The van der Waals surface area contributed by atoms with Crippen LogP contribution < -0.4 is 0 Å². The van der Waals surface area contributed by atoms with Gasteiger partial charge in [0, 0.05) is 5.88 Å². The number of halogens is 1. The molecule has 2 unspecified atom stereocenters. The first kappa shape index (κ1) is 9.99. The molecule has 0 saturated carbocycles. The van der Waals surface area contributed by atoms with Crippen LogP contribution in [0.5, 0.6) is 0 Å². The maximum atomic E-state index is 9.10. The highest BCUT2D eigenvalue weighted by molar-refractivity contribution is 6.18. The van der Waals surface area contributed by atoms with Gasteiger partial charge in [-0.3, -0.25) is 0 Å². The molecule has 0 bridgehead atoms. The molecule has 0 aliphatic rings. The summed E-state index contributed by atoms with van der Waals surface area (Å²) in [4.78, 5) is 0. The maximum Gasteiger partial charge on any atom is 0.0681 e. The molecule has 0 saturated heterocycles. The van der Waals surface area contributed by atoms with Crippen LogP contribution in [0.2, 0.25) is 0 Å². The fourth-order valence-electron chi connectivity index (χ4n) is 0.672. The van der Waals surface area contributed by atoms with Gasteiger partial charge >= 0.3 is 0 Å². The number of alkyl halides is 1. The molecular formula is C8H15ClO. The van der Waals surface area contributed by atoms with E-state index < -0.39 is 0 Å². The van der Waals surface area contributed by atoms with Crippen LogP contribution in [0.4, 0.5) is 0 Å². The van der Waals surface area contributed by atoms with Crippen molar-refractivity contribution in [1.82, 2.24) is 0 Å². The van der Waals surface area contributed by atoms with E-state index in [4.69, 9.17) is 16.7 Å².